The number of hydrogen-bond acceptors (Lipinski definition) is 3. The first-order valence-electron chi connectivity index (χ1n) is 7.60. The van der Waals surface area contributed by atoms with E-state index in [4.69, 9.17) is 4.42 Å². The van der Waals surface area contributed by atoms with E-state index in [0.29, 0.717) is 23.7 Å². The Morgan fingerprint density at radius 1 is 1.17 bits per heavy atom. The van der Waals surface area contributed by atoms with Crippen LogP contribution in [0.2, 0.25) is 0 Å². The third kappa shape index (κ3) is 3.51. The van der Waals surface area contributed by atoms with Crippen LogP contribution in [-0.2, 0) is 6.42 Å². The molecule has 1 amide bonds. The van der Waals surface area contributed by atoms with Crippen LogP contribution in [0.5, 0.6) is 0 Å². The summed E-state index contributed by atoms with van der Waals surface area (Å²) in [6.45, 7) is 2.20. The van der Waals surface area contributed by atoms with E-state index in [1.54, 1.807) is 30.3 Å². The highest BCUT2D eigenvalue weighted by molar-refractivity contribution is 5.95. The van der Waals surface area contributed by atoms with Crippen molar-refractivity contribution in [2.75, 3.05) is 6.54 Å². The number of rotatable bonds is 4. The molecule has 0 aliphatic carbocycles. The molecule has 0 atom stereocenters. The zero-order valence-corrected chi connectivity index (χ0v) is 13.1. The summed E-state index contributed by atoms with van der Waals surface area (Å²) in [4.78, 5) is 24.1. The Morgan fingerprint density at radius 3 is 2.79 bits per heavy atom. The van der Waals surface area contributed by atoms with Gasteiger partial charge in [0.2, 0.25) is 0 Å². The molecule has 1 heterocycles. The van der Waals surface area contributed by atoms with Gasteiger partial charge in [-0.15, -0.1) is 0 Å². The topological polar surface area (TPSA) is 59.3 Å². The van der Waals surface area contributed by atoms with Crippen molar-refractivity contribution in [2.24, 2.45) is 0 Å². The summed E-state index contributed by atoms with van der Waals surface area (Å²) in [6, 6.07) is 13.1. The first-order valence-corrected chi connectivity index (χ1v) is 7.60. The van der Waals surface area contributed by atoms with Crippen LogP contribution >= 0.6 is 0 Å². The lowest BCUT2D eigenvalue weighted by molar-refractivity contribution is 0.0922. The van der Waals surface area contributed by atoms with Crippen molar-refractivity contribution in [1.29, 1.82) is 0 Å². The maximum Gasteiger partial charge on any atom is 0.344 e. The van der Waals surface area contributed by atoms with Gasteiger partial charge in [0, 0.05) is 6.54 Å². The minimum Gasteiger partial charge on any atom is -0.417 e. The number of carbonyl (C=O) groups excluding carboxylic acids is 1. The second kappa shape index (κ2) is 6.66. The fourth-order valence-corrected chi connectivity index (χ4v) is 2.51. The molecule has 0 radical (unpaired) electrons. The van der Waals surface area contributed by atoms with E-state index < -0.39 is 11.5 Å². The van der Waals surface area contributed by atoms with Gasteiger partial charge in [0.25, 0.3) is 5.91 Å². The number of hydrogen-bond donors (Lipinski definition) is 1. The van der Waals surface area contributed by atoms with Gasteiger partial charge in [0.05, 0.1) is 5.39 Å². The van der Waals surface area contributed by atoms with E-state index in [1.807, 2.05) is 13.0 Å². The fraction of sp³-hybridized carbons (Fsp3) is 0.158. The smallest absolute Gasteiger partial charge is 0.344 e. The minimum absolute atomic E-state index is 0.0319. The van der Waals surface area contributed by atoms with Gasteiger partial charge < -0.3 is 9.73 Å². The summed E-state index contributed by atoms with van der Waals surface area (Å²) >= 11 is 0. The molecule has 0 saturated heterocycles. The van der Waals surface area contributed by atoms with Crippen molar-refractivity contribution in [3.63, 3.8) is 0 Å². The average molecular weight is 325 g/mol. The van der Waals surface area contributed by atoms with E-state index in [1.165, 1.54) is 12.1 Å². The van der Waals surface area contributed by atoms with Crippen LogP contribution < -0.4 is 10.9 Å². The first kappa shape index (κ1) is 15.9. The molecule has 1 N–H and O–H groups in total. The molecule has 122 valence electrons. The molecule has 0 spiro atoms. The van der Waals surface area contributed by atoms with Gasteiger partial charge in [0.1, 0.15) is 5.82 Å². The highest BCUT2D eigenvalue weighted by Crippen LogP contribution is 2.14. The molecule has 1 aromatic heterocycles. The van der Waals surface area contributed by atoms with Gasteiger partial charge in [-0.1, -0.05) is 29.8 Å². The molecule has 3 rings (SSSR count). The molecule has 0 aliphatic heterocycles. The Morgan fingerprint density at radius 2 is 2.00 bits per heavy atom. The van der Waals surface area contributed by atoms with Crippen LogP contribution in [0.4, 0.5) is 4.39 Å². The molecule has 3 aromatic rings. The molecule has 4 nitrogen and oxygen atoms in total. The minimum atomic E-state index is -0.536. The summed E-state index contributed by atoms with van der Waals surface area (Å²) in [6.07, 6.45) is 0.487. The second-order valence-corrected chi connectivity index (χ2v) is 5.62. The monoisotopic (exact) mass is 325 g/mol. The number of fused-ring (bicyclic) bond motifs is 1. The summed E-state index contributed by atoms with van der Waals surface area (Å²) in [5.41, 5.74) is 1.19. The molecule has 0 fully saturated rings. The first-order chi connectivity index (χ1) is 11.5. The van der Waals surface area contributed by atoms with Crippen LogP contribution in [0.3, 0.4) is 0 Å². The third-order valence-corrected chi connectivity index (χ3v) is 3.73. The summed E-state index contributed by atoms with van der Waals surface area (Å²) in [7, 11) is 0. The summed E-state index contributed by atoms with van der Waals surface area (Å²) < 4.78 is 18.2. The van der Waals surface area contributed by atoms with Crippen LogP contribution in [-0.4, -0.2) is 12.5 Å². The standard InChI is InChI=1S/C19H16FNO3/c1-12-5-6-14-11-17(24-19(23)16(14)9-12)18(22)21-8-7-13-3-2-4-15(20)10-13/h2-6,9-11H,7-8H2,1H3,(H,21,22). The summed E-state index contributed by atoms with van der Waals surface area (Å²) in [5.74, 6) is -0.809. The Labute approximate surface area is 137 Å². The van der Waals surface area contributed by atoms with Gasteiger partial charge in [-0.2, -0.15) is 0 Å². The van der Waals surface area contributed by atoms with Gasteiger partial charge in [-0.05, 0) is 48.6 Å². The number of amides is 1. The van der Waals surface area contributed by atoms with E-state index in [-0.39, 0.29) is 11.6 Å². The SMILES string of the molecule is Cc1ccc2cc(C(=O)NCCc3cccc(F)c3)oc(=O)c2c1. The normalized spacial score (nSPS) is 10.8. The number of aryl methyl sites for hydroxylation is 1. The van der Waals surface area contributed by atoms with Gasteiger partial charge >= 0.3 is 5.63 Å². The maximum absolute atomic E-state index is 13.1. The van der Waals surface area contributed by atoms with E-state index in [9.17, 15) is 14.0 Å². The van der Waals surface area contributed by atoms with Crippen molar-refractivity contribution in [1.82, 2.24) is 5.32 Å². The maximum atomic E-state index is 13.1. The zero-order chi connectivity index (χ0) is 17.1. The number of halogens is 1. The number of carbonyl (C=O) groups is 1. The lowest BCUT2D eigenvalue weighted by Crippen LogP contribution is -2.26. The molecule has 5 heteroatoms. The highest BCUT2D eigenvalue weighted by Gasteiger charge is 2.12. The molecule has 24 heavy (non-hydrogen) atoms. The third-order valence-electron chi connectivity index (χ3n) is 3.73. The van der Waals surface area contributed by atoms with E-state index in [0.717, 1.165) is 11.1 Å². The fourth-order valence-electron chi connectivity index (χ4n) is 2.51. The van der Waals surface area contributed by atoms with E-state index in [2.05, 4.69) is 5.32 Å². The number of nitrogens with one attached hydrogen (secondary N) is 1. The lowest BCUT2D eigenvalue weighted by Gasteiger charge is -2.06. The zero-order valence-electron chi connectivity index (χ0n) is 13.1. The van der Waals surface area contributed by atoms with Crippen molar-refractivity contribution in [3.05, 3.63) is 81.7 Å². The molecule has 2 aromatic carbocycles. The Hall–Kier alpha value is -2.95. The van der Waals surface area contributed by atoms with Crippen molar-refractivity contribution in [3.8, 4) is 0 Å². The quantitative estimate of drug-likeness (QED) is 0.801. The van der Waals surface area contributed by atoms with Crippen LogP contribution in [0.25, 0.3) is 10.8 Å². The molecular weight excluding hydrogens is 309 g/mol. The summed E-state index contributed by atoms with van der Waals surface area (Å²) in [5, 5.41) is 3.79. The Bertz CT molecular complexity index is 962. The predicted octanol–water partition coefficient (Wildman–Crippen LogP) is 3.21. The molecular formula is C19H16FNO3. The van der Waals surface area contributed by atoms with Gasteiger partial charge in [-0.3, -0.25) is 4.79 Å². The largest absolute Gasteiger partial charge is 0.417 e. The van der Waals surface area contributed by atoms with Crippen LogP contribution in [0.15, 0.2) is 57.7 Å². The van der Waals surface area contributed by atoms with Crippen LogP contribution in [0.1, 0.15) is 21.7 Å². The molecule has 0 unspecified atom stereocenters. The predicted molar refractivity (Wildman–Crippen MR) is 89.7 cm³/mol. The number of benzene rings is 2. The highest BCUT2D eigenvalue weighted by atomic mass is 19.1. The van der Waals surface area contributed by atoms with Gasteiger partial charge in [-0.25, -0.2) is 9.18 Å². The Kier molecular flexibility index (Phi) is 4.42. The van der Waals surface area contributed by atoms with Crippen LogP contribution in [0, 0.1) is 12.7 Å². The molecule has 0 aliphatic rings. The van der Waals surface area contributed by atoms with Crippen molar-refractivity contribution in [2.45, 2.75) is 13.3 Å². The average Bonchev–Trinajstić information content (AvgIpc) is 2.55. The second-order valence-electron chi connectivity index (χ2n) is 5.62. The van der Waals surface area contributed by atoms with E-state index >= 15 is 0 Å². The van der Waals surface area contributed by atoms with Crippen molar-refractivity contribution >= 4 is 16.7 Å². The molecule has 0 bridgehead atoms. The lowest BCUT2D eigenvalue weighted by atomic mass is 10.1. The molecule has 0 saturated carbocycles. The Balaban J connectivity index is 1.72. The van der Waals surface area contributed by atoms with Gasteiger partial charge in [0.15, 0.2) is 5.76 Å². The van der Waals surface area contributed by atoms with Crippen molar-refractivity contribution < 1.29 is 13.6 Å².